The Kier molecular flexibility index (Phi) is 7.21. The van der Waals surface area contributed by atoms with E-state index in [-0.39, 0.29) is 0 Å². The first kappa shape index (κ1) is 15.8. The van der Waals surface area contributed by atoms with Crippen LogP contribution in [0, 0.1) is 0 Å². The first-order valence-corrected chi connectivity index (χ1v) is 10.7. The summed E-state index contributed by atoms with van der Waals surface area (Å²) in [6, 6.07) is 0. The van der Waals surface area contributed by atoms with E-state index < -0.39 is 0 Å². The highest BCUT2D eigenvalue weighted by Crippen LogP contribution is 2.64. The van der Waals surface area contributed by atoms with Gasteiger partial charge in [0.25, 0.3) is 0 Å². The molecule has 1 aliphatic heterocycles. The lowest BCUT2D eigenvalue weighted by atomic mass is 10.0. The van der Waals surface area contributed by atoms with Gasteiger partial charge in [0.15, 0.2) is 0 Å². The fourth-order valence-electron chi connectivity index (χ4n) is 4.42. The average molecular weight is 282 g/mol. The van der Waals surface area contributed by atoms with Crippen LogP contribution in [0.25, 0.3) is 0 Å². The van der Waals surface area contributed by atoms with Crippen LogP contribution in [0.4, 0.5) is 0 Å². The molecule has 1 saturated heterocycles. The zero-order chi connectivity index (χ0) is 13.5. The van der Waals surface area contributed by atoms with Crippen LogP contribution in [-0.4, -0.2) is 17.0 Å². The van der Waals surface area contributed by atoms with Gasteiger partial charge >= 0.3 is 0 Å². The molecule has 2 atom stereocenters. The summed E-state index contributed by atoms with van der Waals surface area (Å²) >= 11 is 0. The first-order chi connectivity index (χ1) is 9.36. The van der Waals surface area contributed by atoms with Crippen LogP contribution in [0.5, 0.6) is 0 Å². The van der Waals surface area contributed by atoms with E-state index in [9.17, 15) is 0 Å². The molecular formula is C18H35P. The Hall–Kier alpha value is 0.430. The molecule has 2 fully saturated rings. The topological polar surface area (TPSA) is 0 Å². The normalized spacial score (nSPS) is 32.8. The Labute approximate surface area is 122 Å². The second kappa shape index (κ2) is 8.66. The smallest absolute Gasteiger partial charge is 0.0204 e. The van der Waals surface area contributed by atoms with Crippen LogP contribution in [0.1, 0.15) is 97.3 Å². The second-order valence-corrected chi connectivity index (χ2v) is 9.99. The van der Waals surface area contributed by atoms with Gasteiger partial charge in [-0.05, 0) is 55.5 Å². The molecule has 2 unspecified atom stereocenters. The zero-order valence-corrected chi connectivity index (χ0v) is 14.3. The summed E-state index contributed by atoms with van der Waals surface area (Å²) in [5.41, 5.74) is 3.51. The Bertz CT molecular complexity index is 216. The van der Waals surface area contributed by atoms with Crippen molar-refractivity contribution in [1.82, 2.24) is 0 Å². The van der Waals surface area contributed by atoms with E-state index >= 15 is 0 Å². The van der Waals surface area contributed by atoms with Crippen LogP contribution in [0.15, 0.2) is 0 Å². The van der Waals surface area contributed by atoms with Crippen molar-refractivity contribution in [1.29, 1.82) is 0 Å². The van der Waals surface area contributed by atoms with Crippen LogP contribution in [0.3, 0.4) is 0 Å². The SMILES string of the molecule is CCCCC1CCC(CCCC)P1C1CCCCC1. The van der Waals surface area contributed by atoms with Crippen LogP contribution in [-0.2, 0) is 0 Å². The van der Waals surface area contributed by atoms with Crippen molar-refractivity contribution in [3.8, 4) is 0 Å². The van der Waals surface area contributed by atoms with E-state index in [4.69, 9.17) is 0 Å². The molecule has 1 saturated carbocycles. The van der Waals surface area contributed by atoms with Crippen molar-refractivity contribution in [2.24, 2.45) is 0 Å². The monoisotopic (exact) mass is 282 g/mol. The minimum atomic E-state index is 0.387. The van der Waals surface area contributed by atoms with E-state index in [1.54, 1.807) is 51.4 Å². The maximum absolute atomic E-state index is 2.37. The van der Waals surface area contributed by atoms with Gasteiger partial charge in [-0.3, -0.25) is 0 Å². The van der Waals surface area contributed by atoms with Gasteiger partial charge in [0.1, 0.15) is 0 Å². The molecule has 0 nitrogen and oxygen atoms in total. The lowest BCUT2D eigenvalue weighted by molar-refractivity contribution is 0.506. The lowest BCUT2D eigenvalue weighted by Crippen LogP contribution is -2.19. The van der Waals surface area contributed by atoms with Crippen molar-refractivity contribution in [3.63, 3.8) is 0 Å². The molecular weight excluding hydrogens is 247 g/mol. The quantitative estimate of drug-likeness (QED) is 0.455. The van der Waals surface area contributed by atoms with E-state index in [0.717, 1.165) is 0 Å². The molecule has 2 rings (SSSR count). The first-order valence-electron chi connectivity index (χ1n) is 9.14. The van der Waals surface area contributed by atoms with Crippen molar-refractivity contribution in [2.75, 3.05) is 0 Å². The van der Waals surface area contributed by atoms with Crippen LogP contribution in [0.2, 0.25) is 0 Å². The maximum atomic E-state index is 2.37. The zero-order valence-electron chi connectivity index (χ0n) is 13.4. The van der Waals surface area contributed by atoms with Gasteiger partial charge in [-0.2, -0.15) is 0 Å². The fraction of sp³-hybridized carbons (Fsp3) is 1.00. The van der Waals surface area contributed by atoms with Gasteiger partial charge < -0.3 is 0 Å². The van der Waals surface area contributed by atoms with Crippen molar-refractivity contribution < 1.29 is 0 Å². The lowest BCUT2D eigenvalue weighted by Gasteiger charge is -2.36. The molecule has 0 aromatic rings. The Morgan fingerprint density at radius 1 is 0.737 bits per heavy atom. The largest absolute Gasteiger partial charge is 0.0971 e. The van der Waals surface area contributed by atoms with Gasteiger partial charge in [-0.25, -0.2) is 0 Å². The maximum Gasteiger partial charge on any atom is -0.0204 e. The third-order valence-corrected chi connectivity index (χ3v) is 9.53. The molecule has 0 amide bonds. The molecule has 2 aliphatic rings. The van der Waals surface area contributed by atoms with E-state index in [0.29, 0.717) is 7.92 Å². The molecule has 1 heterocycles. The average Bonchev–Trinajstić information content (AvgIpc) is 2.86. The van der Waals surface area contributed by atoms with Crippen LogP contribution < -0.4 is 0 Å². The predicted molar refractivity (Wildman–Crippen MR) is 89.7 cm³/mol. The van der Waals surface area contributed by atoms with Crippen molar-refractivity contribution in [3.05, 3.63) is 0 Å². The molecule has 0 aromatic heterocycles. The molecule has 19 heavy (non-hydrogen) atoms. The molecule has 112 valence electrons. The molecule has 0 aromatic carbocycles. The summed E-state index contributed by atoms with van der Waals surface area (Å²) in [6.45, 7) is 4.73. The standard InChI is InChI=1S/C18H35P/c1-3-5-10-17-14-15-18(11-6-4-2)19(17)16-12-8-7-9-13-16/h16-18H,3-15H2,1-2H3. The van der Waals surface area contributed by atoms with E-state index in [2.05, 4.69) is 13.8 Å². The molecule has 0 spiro atoms. The molecule has 1 aliphatic carbocycles. The minimum Gasteiger partial charge on any atom is -0.0971 e. The molecule has 0 N–H and O–H groups in total. The van der Waals surface area contributed by atoms with Gasteiger partial charge in [-0.15, -0.1) is 0 Å². The summed E-state index contributed by atoms with van der Waals surface area (Å²) in [5.74, 6) is 0. The fourth-order valence-corrected chi connectivity index (χ4v) is 9.03. The number of rotatable bonds is 7. The summed E-state index contributed by atoms with van der Waals surface area (Å²) < 4.78 is 0. The van der Waals surface area contributed by atoms with Gasteiger partial charge in [-0.1, -0.05) is 66.7 Å². The second-order valence-electron chi connectivity index (χ2n) is 6.91. The Morgan fingerprint density at radius 2 is 1.26 bits per heavy atom. The van der Waals surface area contributed by atoms with Crippen LogP contribution >= 0.6 is 7.92 Å². The third kappa shape index (κ3) is 4.45. The van der Waals surface area contributed by atoms with Gasteiger partial charge in [0.2, 0.25) is 0 Å². The van der Waals surface area contributed by atoms with E-state index in [1.807, 2.05) is 0 Å². The summed E-state index contributed by atoms with van der Waals surface area (Å²) in [7, 11) is 0.387. The summed E-state index contributed by atoms with van der Waals surface area (Å²) in [4.78, 5) is 0. The number of unbranched alkanes of at least 4 members (excludes halogenated alkanes) is 2. The number of hydrogen-bond donors (Lipinski definition) is 0. The molecule has 1 heteroatoms. The van der Waals surface area contributed by atoms with Gasteiger partial charge in [0, 0.05) is 0 Å². The summed E-state index contributed by atoms with van der Waals surface area (Å²) in [5, 5.41) is 0. The predicted octanol–water partition coefficient (Wildman–Crippen LogP) is 6.71. The molecule has 0 bridgehead atoms. The number of hydrogen-bond acceptors (Lipinski definition) is 0. The Balaban J connectivity index is 1.94. The van der Waals surface area contributed by atoms with E-state index in [1.165, 1.54) is 49.1 Å². The highest BCUT2D eigenvalue weighted by atomic mass is 31.1. The minimum absolute atomic E-state index is 0.387. The van der Waals surface area contributed by atoms with Crippen molar-refractivity contribution in [2.45, 2.75) is 114 Å². The third-order valence-electron chi connectivity index (χ3n) is 5.45. The highest BCUT2D eigenvalue weighted by molar-refractivity contribution is 7.60. The summed E-state index contributed by atoms with van der Waals surface area (Å²) in [6.07, 6.45) is 19.9. The van der Waals surface area contributed by atoms with Gasteiger partial charge in [0.05, 0.1) is 0 Å². The molecule has 0 radical (unpaired) electrons. The highest BCUT2D eigenvalue weighted by Gasteiger charge is 2.39. The van der Waals surface area contributed by atoms with Crippen molar-refractivity contribution >= 4 is 7.92 Å². The Morgan fingerprint density at radius 3 is 1.74 bits per heavy atom.